The first-order valence-corrected chi connectivity index (χ1v) is 9.63. The van der Waals surface area contributed by atoms with E-state index in [2.05, 4.69) is 0 Å². The Kier molecular flexibility index (Phi) is 5.08. The summed E-state index contributed by atoms with van der Waals surface area (Å²) in [7, 11) is 0. The SMILES string of the molecule is Cc1cccc(N2C(=O)/C(=C/c3ccc(Cl)cc3Cl)C=C2c2ccccc2)c1. The average Bonchev–Trinajstić information content (AvgIpc) is 3.01. The minimum atomic E-state index is -0.0875. The predicted molar refractivity (Wildman–Crippen MR) is 118 cm³/mol. The van der Waals surface area contributed by atoms with Crippen molar-refractivity contribution in [2.24, 2.45) is 0 Å². The summed E-state index contributed by atoms with van der Waals surface area (Å²) in [6, 6.07) is 23.1. The van der Waals surface area contributed by atoms with Crippen LogP contribution in [-0.2, 0) is 4.79 Å². The summed E-state index contributed by atoms with van der Waals surface area (Å²) < 4.78 is 0. The Bertz CT molecular complexity index is 1120. The molecule has 0 aromatic heterocycles. The first kappa shape index (κ1) is 18.5. The zero-order valence-corrected chi connectivity index (χ0v) is 16.7. The van der Waals surface area contributed by atoms with Gasteiger partial charge < -0.3 is 0 Å². The Morgan fingerprint density at radius 3 is 2.39 bits per heavy atom. The number of carbonyl (C=O) groups excluding carboxylic acids is 1. The number of anilines is 1. The summed E-state index contributed by atoms with van der Waals surface area (Å²) in [5.41, 5.74) is 5.07. The van der Waals surface area contributed by atoms with Gasteiger partial charge in [-0.25, -0.2) is 0 Å². The molecule has 1 aliphatic rings. The van der Waals surface area contributed by atoms with Gasteiger partial charge in [-0.2, -0.15) is 0 Å². The molecule has 1 aliphatic heterocycles. The number of hydrogen-bond donors (Lipinski definition) is 0. The third-order valence-corrected chi connectivity index (χ3v) is 5.15. The smallest absolute Gasteiger partial charge is 0.262 e. The van der Waals surface area contributed by atoms with Crippen LogP contribution in [0.15, 0.2) is 84.4 Å². The number of halogens is 2. The third kappa shape index (κ3) is 3.62. The Morgan fingerprint density at radius 2 is 1.68 bits per heavy atom. The molecule has 0 aliphatic carbocycles. The largest absolute Gasteiger partial charge is 0.276 e. The fraction of sp³-hybridized carbons (Fsp3) is 0.0417. The highest BCUT2D eigenvalue weighted by molar-refractivity contribution is 6.35. The molecule has 0 radical (unpaired) electrons. The number of amides is 1. The van der Waals surface area contributed by atoms with Crippen LogP contribution in [0.5, 0.6) is 0 Å². The summed E-state index contributed by atoms with van der Waals surface area (Å²) in [6.07, 6.45) is 3.71. The Hall–Kier alpha value is -2.81. The zero-order valence-electron chi connectivity index (χ0n) is 15.2. The van der Waals surface area contributed by atoms with E-state index in [0.717, 1.165) is 28.1 Å². The van der Waals surface area contributed by atoms with Gasteiger partial charge in [0.1, 0.15) is 0 Å². The minimum absolute atomic E-state index is 0.0875. The minimum Gasteiger partial charge on any atom is -0.276 e. The first-order valence-electron chi connectivity index (χ1n) is 8.88. The van der Waals surface area contributed by atoms with Crippen LogP contribution in [0.4, 0.5) is 5.69 Å². The van der Waals surface area contributed by atoms with Crippen LogP contribution < -0.4 is 4.90 Å². The molecule has 0 fully saturated rings. The Balaban J connectivity index is 1.84. The molecule has 4 rings (SSSR count). The van der Waals surface area contributed by atoms with Crippen molar-refractivity contribution in [2.75, 3.05) is 4.90 Å². The summed E-state index contributed by atoms with van der Waals surface area (Å²) in [5.74, 6) is -0.0875. The van der Waals surface area contributed by atoms with Crippen molar-refractivity contribution in [2.45, 2.75) is 6.92 Å². The highest BCUT2D eigenvalue weighted by Crippen LogP contribution is 2.36. The molecule has 0 saturated heterocycles. The molecular formula is C24H17Cl2NO. The second kappa shape index (κ2) is 7.67. The molecule has 3 aromatic carbocycles. The van der Waals surface area contributed by atoms with E-state index < -0.39 is 0 Å². The van der Waals surface area contributed by atoms with Gasteiger partial charge in [-0.3, -0.25) is 9.69 Å². The van der Waals surface area contributed by atoms with Gasteiger partial charge in [0, 0.05) is 21.3 Å². The summed E-state index contributed by atoms with van der Waals surface area (Å²) in [4.78, 5) is 15.1. The number of nitrogens with zero attached hydrogens (tertiary/aromatic N) is 1. The van der Waals surface area contributed by atoms with Crippen molar-refractivity contribution >= 4 is 46.6 Å². The van der Waals surface area contributed by atoms with E-state index in [9.17, 15) is 4.79 Å². The van der Waals surface area contributed by atoms with Gasteiger partial charge in [0.2, 0.25) is 0 Å². The van der Waals surface area contributed by atoms with Crippen LogP contribution >= 0.6 is 23.2 Å². The highest BCUT2D eigenvalue weighted by Gasteiger charge is 2.30. The highest BCUT2D eigenvalue weighted by atomic mass is 35.5. The molecule has 1 amide bonds. The average molecular weight is 406 g/mol. The van der Waals surface area contributed by atoms with Crippen LogP contribution in [0.3, 0.4) is 0 Å². The van der Waals surface area contributed by atoms with E-state index in [1.807, 2.05) is 73.7 Å². The van der Waals surface area contributed by atoms with Crippen LogP contribution in [-0.4, -0.2) is 5.91 Å². The molecule has 1 heterocycles. The number of rotatable bonds is 3. The Morgan fingerprint density at radius 1 is 0.893 bits per heavy atom. The van der Waals surface area contributed by atoms with Crippen LogP contribution in [0.25, 0.3) is 11.8 Å². The zero-order chi connectivity index (χ0) is 19.7. The number of aryl methyl sites for hydroxylation is 1. The standard InChI is InChI=1S/C24H17Cl2NO/c1-16-6-5-9-21(12-16)27-23(17-7-3-2-4-8-17)14-19(24(27)28)13-18-10-11-20(25)15-22(18)26/h2-15H,1H3/b19-13+. The molecular weight excluding hydrogens is 389 g/mol. The number of hydrogen-bond acceptors (Lipinski definition) is 1. The lowest BCUT2D eigenvalue weighted by molar-refractivity contribution is -0.113. The maximum absolute atomic E-state index is 13.3. The van der Waals surface area contributed by atoms with Gasteiger partial charge >= 0.3 is 0 Å². The Labute approximate surface area is 174 Å². The fourth-order valence-corrected chi connectivity index (χ4v) is 3.71. The molecule has 0 saturated carbocycles. The fourth-order valence-electron chi connectivity index (χ4n) is 3.25. The molecule has 28 heavy (non-hydrogen) atoms. The maximum Gasteiger partial charge on any atom is 0.262 e. The topological polar surface area (TPSA) is 20.3 Å². The van der Waals surface area contributed by atoms with Crippen molar-refractivity contribution in [1.29, 1.82) is 0 Å². The van der Waals surface area contributed by atoms with E-state index in [-0.39, 0.29) is 5.91 Å². The van der Waals surface area contributed by atoms with Gasteiger partial charge in [-0.1, -0.05) is 71.7 Å². The van der Waals surface area contributed by atoms with Crippen LogP contribution in [0.1, 0.15) is 16.7 Å². The molecule has 2 nitrogen and oxygen atoms in total. The molecule has 0 N–H and O–H groups in total. The molecule has 3 aromatic rings. The van der Waals surface area contributed by atoms with Crippen molar-refractivity contribution in [3.05, 3.63) is 111 Å². The summed E-state index contributed by atoms with van der Waals surface area (Å²) in [5, 5.41) is 1.07. The second-order valence-corrected chi connectivity index (χ2v) is 7.48. The van der Waals surface area contributed by atoms with Crippen LogP contribution in [0, 0.1) is 6.92 Å². The van der Waals surface area contributed by atoms with E-state index in [0.29, 0.717) is 15.6 Å². The molecule has 4 heteroatoms. The monoisotopic (exact) mass is 405 g/mol. The summed E-state index contributed by atoms with van der Waals surface area (Å²) in [6.45, 7) is 2.01. The van der Waals surface area contributed by atoms with Crippen molar-refractivity contribution < 1.29 is 4.79 Å². The third-order valence-electron chi connectivity index (χ3n) is 4.59. The van der Waals surface area contributed by atoms with Gasteiger partial charge in [0.15, 0.2) is 0 Å². The van der Waals surface area contributed by atoms with Crippen LogP contribution in [0.2, 0.25) is 10.0 Å². The lowest BCUT2D eigenvalue weighted by Crippen LogP contribution is -2.25. The van der Waals surface area contributed by atoms with Gasteiger partial charge in [0.25, 0.3) is 5.91 Å². The maximum atomic E-state index is 13.3. The molecule has 0 unspecified atom stereocenters. The number of benzene rings is 3. The second-order valence-electron chi connectivity index (χ2n) is 6.64. The predicted octanol–water partition coefficient (Wildman–Crippen LogP) is 6.77. The van der Waals surface area contributed by atoms with Gasteiger partial charge in [-0.15, -0.1) is 0 Å². The van der Waals surface area contributed by atoms with E-state index in [1.54, 1.807) is 23.1 Å². The first-order chi connectivity index (χ1) is 13.5. The lowest BCUT2D eigenvalue weighted by Gasteiger charge is -2.21. The number of carbonyl (C=O) groups is 1. The van der Waals surface area contributed by atoms with Crippen molar-refractivity contribution in [1.82, 2.24) is 0 Å². The normalized spacial score (nSPS) is 15.2. The van der Waals surface area contributed by atoms with Crippen molar-refractivity contribution in [3.63, 3.8) is 0 Å². The molecule has 0 bridgehead atoms. The lowest BCUT2D eigenvalue weighted by atomic mass is 10.1. The van der Waals surface area contributed by atoms with E-state index in [1.165, 1.54) is 0 Å². The van der Waals surface area contributed by atoms with Gasteiger partial charge in [-0.05, 0) is 60.0 Å². The quantitative estimate of drug-likeness (QED) is 0.440. The molecule has 0 atom stereocenters. The van der Waals surface area contributed by atoms with Gasteiger partial charge in [0.05, 0.1) is 5.70 Å². The van der Waals surface area contributed by atoms with E-state index in [4.69, 9.17) is 23.2 Å². The summed E-state index contributed by atoms with van der Waals surface area (Å²) >= 11 is 12.3. The molecule has 138 valence electrons. The molecule has 0 spiro atoms. The van der Waals surface area contributed by atoms with E-state index >= 15 is 0 Å². The van der Waals surface area contributed by atoms with Crippen molar-refractivity contribution in [3.8, 4) is 0 Å².